The summed E-state index contributed by atoms with van der Waals surface area (Å²) in [6.45, 7) is 4.35. The maximum atomic E-state index is 12.3. The van der Waals surface area contributed by atoms with Crippen LogP contribution in [0.3, 0.4) is 0 Å². The first-order valence-electron chi connectivity index (χ1n) is 8.62. The van der Waals surface area contributed by atoms with Crippen LogP contribution in [-0.4, -0.2) is 33.4 Å². The molecule has 0 bridgehead atoms. The minimum absolute atomic E-state index is 0.0579. The molecule has 0 fully saturated rings. The topological polar surface area (TPSA) is 79.9 Å². The minimum Gasteiger partial charge on any atom is -0.497 e. The van der Waals surface area contributed by atoms with Gasteiger partial charge in [-0.15, -0.1) is 5.10 Å². The van der Waals surface area contributed by atoms with Gasteiger partial charge in [0.1, 0.15) is 5.75 Å². The molecule has 6 nitrogen and oxygen atoms in total. The van der Waals surface area contributed by atoms with Crippen molar-refractivity contribution in [3.8, 4) is 17.1 Å². The van der Waals surface area contributed by atoms with Gasteiger partial charge in [0.2, 0.25) is 11.1 Å². The summed E-state index contributed by atoms with van der Waals surface area (Å²) >= 11 is 1.33. The van der Waals surface area contributed by atoms with E-state index in [1.807, 2.05) is 62.4 Å². The highest BCUT2D eigenvalue weighted by molar-refractivity contribution is 8.00. The number of H-pyrrole nitrogens is 1. The first-order valence-corrected chi connectivity index (χ1v) is 9.50. The summed E-state index contributed by atoms with van der Waals surface area (Å²) in [4.78, 5) is 16.8. The van der Waals surface area contributed by atoms with Gasteiger partial charge in [-0.3, -0.25) is 9.89 Å². The molecule has 140 valence electrons. The Kier molecular flexibility index (Phi) is 6.13. The number of carbonyl (C=O) groups is 1. The molecule has 27 heavy (non-hydrogen) atoms. The van der Waals surface area contributed by atoms with Crippen LogP contribution in [0, 0.1) is 6.92 Å². The molecule has 0 aliphatic rings. The number of carbonyl (C=O) groups excluding carboxylic acids is 1. The lowest BCUT2D eigenvalue weighted by molar-refractivity contribution is -0.120. The number of aromatic amines is 1. The molecule has 1 aromatic heterocycles. The van der Waals surface area contributed by atoms with Crippen LogP contribution in [0.2, 0.25) is 0 Å². The van der Waals surface area contributed by atoms with E-state index in [1.54, 1.807) is 7.11 Å². The number of aryl methyl sites for hydroxylation is 1. The first kappa shape index (κ1) is 19.0. The largest absolute Gasteiger partial charge is 0.497 e. The number of nitrogens with zero attached hydrogens (tertiary/aromatic N) is 2. The molecule has 0 aliphatic heterocycles. The van der Waals surface area contributed by atoms with Crippen LogP contribution in [0.25, 0.3) is 11.4 Å². The van der Waals surface area contributed by atoms with Crippen LogP contribution >= 0.6 is 11.8 Å². The zero-order valence-electron chi connectivity index (χ0n) is 15.5. The lowest BCUT2D eigenvalue weighted by atomic mass is 10.1. The molecule has 1 unspecified atom stereocenters. The normalized spacial score (nSPS) is 11.8. The Morgan fingerprint density at radius 3 is 2.56 bits per heavy atom. The molecule has 2 N–H and O–H groups in total. The number of ether oxygens (including phenoxy) is 1. The Labute approximate surface area is 162 Å². The van der Waals surface area contributed by atoms with Gasteiger partial charge in [0.05, 0.1) is 12.4 Å². The number of rotatable bonds is 7. The number of amides is 1. The van der Waals surface area contributed by atoms with E-state index in [0.717, 1.165) is 16.9 Å². The summed E-state index contributed by atoms with van der Waals surface area (Å²) in [6, 6.07) is 15.7. The Morgan fingerprint density at radius 1 is 1.19 bits per heavy atom. The zero-order chi connectivity index (χ0) is 19.2. The van der Waals surface area contributed by atoms with Gasteiger partial charge >= 0.3 is 0 Å². The number of nitrogens with one attached hydrogen (secondary N) is 2. The smallest absolute Gasteiger partial charge is 0.233 e. The molecule has 3 aromatic rings. The van der Waals surface area contributed by atoms with E-state index in [1.165, 1.54) is 17.3 Å². The summed E-state index contributed by atoms with van der Waals surface area (Å²) in [6.07, 6.45) is 0. The highest BCUT2D eigenvalue weighted by atomic mass is 32.2. The van der Waals surface area contributed by atoms with Crippen LogP contribution in [0.15, 0.2) is 53.7 Å². The molecule has 0 saturated heterocycles. The summed E-state index contributed by atoms with van der Waals surface area (Å²) in [5.74, 6) is 1.43. The molecule has 7 heteroatoms. The zero-order valence-corrected chi connectivity index (χ0v) is 16.3. The average Bonchev–Trinajstić information content (AvgIpc) is 3.15. The van der Waals surface area contributed by atoms with E-state index in [4.69, 9.17) is 4.74 Å². The van der Waals surface area contributed by atoms with Gasteiger partial charge < -0.3 is 10.1 Å². The predicted octanol–water partition coefficient (Wildman–Crippen LogP) is 3.59. The van der Waals surface area contributed by atoms with Gasteiger partial charge in [-0.2, -0.15) is 0 Å². The van der Waals surface area contributed by atoms with Crippen molar-refractivity contribution in [2.75, 3.05) is 7.11 Å². The SMILES string of the molecule is COc1ccc(CNC(=O)C(C)Sc2n[nH]c(-c3ccc(C)cc3)n2)cc1. The molecule has 0 aliphatic carbocycles. The van der Waals surface area contributed by atoms with Crippen LogP contribution in [0.1, 0.15) is 18.1 Å². The first-order chi connectivity index (χ1) is 13.0. The molecule has 0 radical (unpaired) electrons. The van der Waals surface area contributed by atoms with Gasteiger partial charge in [-0.1, -0.05) is 53.7 Å². The van der Waals surface area contributed by atoms with Crippen molar-refractivity contribution in [1.29, 1.82) is 0 Å². The summed E-state index contributed by atoms with van der Waals surface area (Å²) in [5, 5.41) is 10.3. The van der Waals surface area contributed by atoms with E-state index in [-0.39, 0.29) is 11.2 Å². The molecule has 1 heterocycles. The van der Waals surface area contributed by atoms with Gasteiger partial charge in [0.15, 0.2) is 5.82 Å². The lowest BCUT2D eigenvalue weighted by Gasteiger charge is -2.10. The van der Waals surface area contributed by atoms with Crippen molar-refractivity contribution in [2.45, 2.75) is 30.8 Å². The number of methoxy groups -OCH3 is 1. The maximum Gasteiger partial charge on any atom is 0.233 e. The fourth-order valence-corrected chi connectivity index (χ4v) is 3.18. The second-order valence-electron chi connectivity index (χ2n) is 6.16. The third kappa shape index (κ3) is 5.10. The van der Waals surface area contributed by atoms with Gasteiger partial charge in [0, 0.05) is 12.1 Å². The van der Waals surface area contributed by atoms with Crippen molar-refractivity contribution >= 4 is 17.7 Å². The van der Waals surface area contributed by atoms with E-state index in [0.29, 0.717) is 17.5 Å². The predicted molar refractivity (Wildman–Crippen MR) is 107 cm³/mol. The van der Waals surface area contributed by atoms with Crippen molar-refractivity contribution < 1.29 is 9.53 Å². The molecule has 2 aromatic carbocycles. The van der Waals surface area contributed by atoms with Crippen molar-refractivity contribution in [2.24, 2.45) is 0 Å². The highest BCUT2D eigenvalue weighted by Gasteiger charge is 2.17. The number of benzene rings is 2. The number of hydrogen-bond acceptors (Lipinski definition) is 5. The van der Waals surface area contributed by atoms with Crippen molar-refractivity contribution in [3.63, 3.8) is 0 Å². The molecular formula is C20H22N4O2S. The quantitative estimate of drug-likeness (QED) is 0.611. The van der Waals surface area contributed by atoms with E-state index in [2.05, 4.69) is 20.5 Å². The van der Waals surface area contributed by atoms with Crippen LogP contribution in [0.5, 0.6) is 5.75 Å². The van der Waals surface area contributed by atoms with Crippen LogP contribution < -0.4 is 10.1 Å². The van der Waals surface area contributed by atoms with Gasteiger partial charge in [-0.25, -0.2) is 4.98 Å². The van der Waals surface area contributed by atoms with Crippen molar-refractivity contribution in [3.05, 3.63) is 59.7 Å². The third-order valence-electron chi connectivity index (χ3n) is 4.07. The second-order valence-corrected chi connectivity index (χ2v) is 7.47. The molecule has 0 spiro atoms. The Bertz CT molecular complexity index is 891. The monoisotopic (exact) mass is 382 g/mol. The lowest BCUT2D eigenvalue weighted by Crippen LogP contribution is -2.30. The summed E-state index contributed by atoms with van der Waals surface area (Å²) in [5.41, 5.74) is 3.17. The van der Waals surface area contributed by atoms with Gasteiger partial charge in [0.25, 0.3) is 0 Å². The fraction of sp³-hybridized carbons (Fsp3) is 0.250. The fourth-order valence-electron chi connectivity index (χ4n) is 2.43. The average molecular weight is 382 g/mol. The van der Waals surface area contributed by atoms with E-state index >= 15 is 0 Å². The molecule has 3 rings (SSSR count). The molecule has 1 amide bonds. The highest BCUT2D eigenvalue weighted by Crippen LogP contribution is 2.23. The third-order valence-corrected chi connectivity index (χ3v) is 5.03. The summed E-state index contributed by atoms with van der Waals surface area (Å²) < 4.78 is 5.13. The summed E-state index contributed by atoms with van der Waals surface area (Å²) in [7, 11) is 1.63. The molecule has 0 saturated carbocycles. The maximum absolute atomic E-state index is 12.3. The molecular weight excluding hydrogens is 360 g/mol. The second kappa shape index (κ2) is 8.73. The minimum atomic E-state index is -0.301. The van der Waals surface area contributed by atoms with E-state index < -0.39 is 0 Å². The Hall–Kier alpha value is -2.80. The Balaban J connectivity index is 1.54. The Morgan fingerprint density at radius 2 is 1.89 bits per heavy atom. The molecule has 1 atom stereocenters. The number of hydrogen-bond donors (Lipinski definition) is 2. The standard InChI is InChI=1S/C20H22N4O2S/c1-13-4-8-16(9-5-13)18-22-20(24-23-18)27-14(2)19(25)21-12-15-6-10-17(26-3)11-7-15/h4-11,14H,12H2,1-3H3,(H,21,25)(H,22,23,24). The number of aromatic nitrogens is 3. The van der Waals surface area contributed by atoms with Gasteiger partial charge in [-0.05, 0) is 31.5 Å². The number of thioether (sulfide) groups is 1. The van der Waals surface area contributed by atoms with Crippen molar-refractivity contribution in [1.82, 2.24) is 20.5 Å². The van der Waals surface area contributed by atoms with E-state index in [9.17, 15) is 4.79 Å². The van der Waals surface area contributed by atoms with Crippen LogP contribution in [0.4, 0.5) is 0 Å². The van der Waals surface area contributed by atoms with Crippen LogP contribution in [-0.2, 0) is 11.3 Å².